The van der Waals surface area contributed by atoms with Crippen molar-refractivity contribution in [3.63, 3.8) is 0 Å². The second kappa shape index (κ2) is 5.25. The maximum Gasteiger partial charge on any atom is 0.416 e. The summed E-state index contributed by atoms with van der Waals surface area (Å²) in [6.07, 6.45) is -2.70. The van der Waals surface area contributed by atoms with Crippen molar-refractivity contribution in [1.29, 1.82) is 0 Å². The topological polar surface area (TPSA) is 66.4 Å². The predicted octanol–water partition coefficient (Wildman–Crippen LogP) is 2.93. The Morgan fingerprint density at radius 3 is 2.39 bits per heavy atom. The van der Waals surface area contributed by atoms with Crippen LogP contribution in [0.1, 0.15) is 42.7 Å². The Labute approximate surface area is 130 Å². The van der Waals surface area contributed by atoms with Crippen LogP contribution in [-0.2, 0) is 15.8 Å². The standard InChI is InChI=1S/C16H16F3NO3/c17-16(18,19)12-5-2-1-4-9(12)10-8-11(10)13(21)20-15(14(22)23)6-3-7-15/h1-2,4-5,10-11H,3,6-8H2,(H,20,21)(H,22,23)/t10-,11+/m0/s1. The summed E-state index contributed by atoms with van der Waals surface area (Å²) in [6, 6.07) is 5.23. The molecule has 0 radical (unpaired) electrons. The molecule has 2 fully saturated rings. The quantitative estimate of drug-likeness (QED) is 0.893. The van der Waals surface area contributed by atoms with Crippen molar-refractivity contribution < 1.29 is 27.9 Å². The van der Waals surface area contributed by atoms with Gasteiger partial charge >= 0.3 is 12.1 Å². The average Bonchev–Trinajstić information content (AvgIpc) is 3.21. The minimum atomic E-state index is -4.46. The first-order chi connectivity index (χ1) is 10.7. The van der Waals surface area contributed by atoms with Crippen LogP contribution in [0.15, 0.2) is 24.3 Å². The first-order valence-corrected chi connectivity index (χ1v) is 7.46. The molecule has 0 spiro atoms. The van der Waals surface area contributed by atoms with Crippen LogP contribution in [0.25, 0.3) is 0 Å². The first kappa shape index (κ1) is 15.8. The second-order valence-corrected chi connectivity index (χ2v) is 6.26. The van der Waals surface area contributed by atoms with Gasteiger partial charge in [-0.25, -0.2) is 4.79 Å². The molecule has 2 N–H and O–H groups in total. The van der Waals surface area contributed by atoms with Gasteiger partial charge in [-0.15, -0.1) is 0 Å². The number of rotatable bonds is 4. The van der Waals surface area contributed by atoms with Crippen molar-refractivity contribution in [2.75, 3.05) is 0 Å². The zero-order valence-electron chi connectivity index (χ0n) is 12.2. The van der Waals surface area contributed by atoms with Gasteiger partial charge < -0.3 is 10.4 Å². The first-order valence-electron chi connectivity index (χ1n) is 7.46. The van der Waals surface area contributed by atoms with Crippen molar-refractivity contribution in [3.05, 3.63) is 35.4 Å². The lowest BCUT2D eigenvalue weighted by molar-refractivity contribution is -0.152. The van der Waals surface area contributed by atoms with Gasteiger partial charge in [0.05, 0.1) is 5.56 Å². The molecular weight excluding hydrogens is 311 g/mol. The summed E-state index contributed by atoms with van der Waals surface area (Å²) >= 11 is 0. The lowest BCUT2D eigenvalue weighted by Crippen LogP contribution is -2.59. The highest BCUT2D eigenvalue weighted by molar-refractivity contribution is 5.90. The number of nitrogens with one attached hydrogen (secondary N) is 1. The fourth-order valence-corrected chi connectivity index (χ4v) is 3.16. The highest BCUT2D eigenvalue weighted by Crippen LogP contribution is 2.51. The summed E-state index contributed by atoms with van der Waals surface area (Å²) in [4.78, 5) is 23.5. The van der Waals surface area contributed by atoms with Gasteiger partial charge in [0.2, 0.25) is 5.91 Å². The van der Waals surface area contributed by atoms with Gasteiger partial charge in [-0.3, -0.25) is 4.79 Å². The van der Waals surface area contributed by atoms with Crippen molar-refractivity contribution >= 4 is 11.9 Å². The molecule has 23 heavy (non-hydrogen) atoms. The molecule has 0 saturated heterocycles. The van der Waals surface area contributed by atoms with Crippen LogP contribution < -0.4 is 5.32 Å². The largest absolute Gasteiger partial charge is 0.480 e. The van der Waals surface area contributed by atoms with E-state index in [0.717, 1.165) is 12.5 Å². The maximum absolute atomic E-state index is 13.0. The van der Waals surface area contributed by atoms with E-state index in [4.69, 9.17) is 0 Å². The number of benzene rings is 1. The summed E-state index contributed by atoms with van der Waals surface area (Å²) in [5.41, 5.74) is -1.84. The van der Waals surface area contributed by atoms with Crippen LogP contribution in [0.2, 0.25) is 0 Å². The molecule has 1 aromatic rings. The van der Waals surface area contributed by atoms with Crippen LogP contribution in [0.3, 0.4) is 0 Å². The normalized spacial score (nSPS) is 25.3. The van der Waals surface area contributed by atoms with Gasteiger partial charge in [0.1, 0.15) is 5.54 Å². The number of hydrogen-bond acceptors (Lipinski definition) is 2. The SMILES string of the molecule is O=C(NC1(C(=O)O)CCC1)[C@@H]1C[C@H]1c1ccccc1C(F)(F)F. The monoisotopic (exact) mass is 327 g/mol. The van der Waals surface area contributed by atoms with E-state index in [-0.39, 0.29) is 5.56 Å². The van der Waals surface area contributed by atoms with E-state index >= 15 is 0 Å². The summed E-state index contributed by atoms with van der Waals surface area (Å²) < 4.78 is 39.1. The molecule has 0 aliphatic heterocycles. The fraction of sp³-hybridized carbons (Fsp3) is 0.500. The lowest BCUT2D eigenvalue weighted by Gasteiger charge is -2.38. The number of carboxylic acids is 1. The number of carbonyl (C=O) groups excluding carboxylic acids is 1. The number of hydrogen-bond donors (Lipinski definition) is 2. The summed E-state index contributed by atoms with van der Waals surface area (Å²) in [5.74, 6) is -2.63. The second-order valence-electron chi connectivity index (χ2n) is 6.26. The highest BCUT2D eigenvalue weighted by atomic mass is 19.4. The van der Waals surface area contributed by atoms with E-state index < -0.39 is 41.0 Å². The van der Waals surface area contributed by atoms with E-state index in [1.54, 1.807) is 0 Å². The lowest BCUT2D eigenvalue weighted by atomic mass is 9.76. The maximum atomic E-state index is 13.0. The number of alkyl halides is 3. The van der Waals surface area contributed by atoms with E-state index in [2.05, 4.69) is 5.32 Å². The van der Waals surface area contributed by atoms with Crippen molar-refractivity contribution in [3.8, 4) is 0 Å². The average molecular weight is 327 g/mol. The fourth-order valence-electron chi connectivity index (χ4n) is 3.16. The minimum Gasteiger partial charge on any atom is -0.480 e. The Bertz CT molecular complexity index is 652. The van der Waals surface area contributed by atoms with Gasteiger partial charge in [-0.05, 0) is 43.2 Å². The highest BCUT2D eigenvalue weighted by Gasteiger charge is 2.52. The molecule has 0 unspecified atom stereocenters. The molecule has 2 saturated carbocycles. The molecule has 0 heterocycles. The zero-order valence-corrected chi connectivity index (χ0v) is 12.2. The van der Waals surface area contributed by atoms with Crippen molar-refractivity contribution in [2.45, 2.75) is 43.3 Å². The van der Waals surface area contributed by atoms with E-state index in [1.807, 2.05) is 0 Å². The number of aliphatic carboxylic acids is 1. The molecule has 2 aliphatic rings. The van der Waals surface area contributed by atoms with Crippen LogP contribution in [0.5, 0.6) is 0 Å². The van der Waals surface area contributed by atoms with Gasteiger partial charge in [0.25, 0.3) is 0 Å². The molecule has 3 rings (SSSR count). The number of halogens is 3. The molecule has 7 heteroatoms. The van der Waals surface area contributed by atoms with E-state index in [0.29, 0.717) is 19.3 Å². The number of carboxylic acid groups (broad SMARTS) is 1. The third-order valence-electron chi connectivity index (χ3n) is 4.77. The Morgan fingerprint density at radius 1 is 1.22 bits per heavy atom. The zero-order chi connectivity index (χ0) is 16.8. The molecule has 0 bridgehead atoms. The van der Waals surface area contributed by atoms with E-state index in [9.17, 15) is 27.9 Å². The van der Waals surface area contributed by atoms with Gasteiger partial charge in [-0.2, -0.15) is 13.2 Å². The molecule has 2 aliphatic carbocycles. The van der Waals surface area contributed by atoms with Crippen molar-refractivity contribution in [2.24, 2.45) is 5.92 Å². The molecule has 1 aromatic carbocycles. The van der Waals surface area contributed by atoms with Crippen LogP contribution in [-0.4, -0.2) is 22.5 Å². The third kappa shape index (κ3) is 2.80. The molecule has 4 nitrogen and oxygen atoms in total. The smallest absolute Gasteiger partial charge is 0.416 e. The van der Waals surface area contributed by atoms with E-state index in [1.165, 1.54) is 18.2 Å². The minimum absolute atomic E-state index is 0.109. The van der Waals surface area contributed by atoms with Crippen LogP contribution in [0, 0.1) is 5.92 Å². The molecular formula is C16H16F3NO3. The Balaban J connectivity index is 1.73. The van der Waals surface area contributed by atoms with Crippen LogP contribution in [0.4, 0.5) is 13.2 Å². The van der Waals surface area contributed by atoms with Gasteiger partial charge in [0.15, 0.2) is 0 Å². The van der Waals surface area contributed by atoms with Crippen molar-refractivity contribution in [1.82, 2.24) is 5.32 Å². The van der Waals surface area contributed by atoms with Gasteiger partial charge in [0, 0.05) is 5.92 Å². The molecule has 0 aromatic heterocycles. The Kier molecular flexibility index (Phi) is 3.61. The predicted molar refractivity (Wildman–Crippen MR) is 74.7 cm³/mol. The molecule has 124 valence electrons. The number of amides is 1. The van der Waals surface area contributed by atoms with Gasteiger partial charge in [-0.1, -0.05) is 18.2 Å². The molecule has 1 amide bonds. The molecule has 2 atom stereocenters. The Morgan fingerprint density at radius 2 is 1.87 bits per heavy atom. The van der Waals surface area contributed by atoms with Crippen LogP contribution >= 0.6 is 0 Å². The summed E-state index contributed by atoms with van der Waals surface area (Å²) in [5, 5.41) is 11.7. The third-order valence-corrected chi connectivity index (χ3v) is 4.77. The number of carbonyl (C=O) groups is 2. The Hall–Kier alpha value is -2.05. The summed E-state index contributed by atoms with van der Waals surface area (Å²) in [6.45, 7) is 0. The summed E-state index contributed by atoms with van der Waals surface area (Å²) in [7, 11) is 0.